The van der Waals surface area contributed by atoms with Gasteiger partial charge in [0.05, 0.1) is 25.3 Å². The van der Waals surface area contributed by atoms with Gasteiger partial charge in [0.2, 0.25) is 5.91 Å². The van der Waals surface area contributed by atoms with Crippen LogP contribution in [0.4, 0.5) is 5.69 Å². The lowest BCUT2D eigenvalue weighted by atomic mass is 10.2. The molecule has 5 nitrogen and oxygen atoms in total. The van der Waals surface area contributed by atoms with Crippen molar-refractivity contribution >= 4 is 17.4 Å². The Morgan fingerprint density at radius 2 is 1.70 bits per heavy atom. The van der Waals surface area contributed by atoms with Crippen LogP contribution in [-0.4, -0.2) is 24.9 Å². The number of anilines is 1. The van der Waals surface area contributed by atoms with E-state index >= 15 is 0 Å². The van der Waals surface area contributed by atoms with E-state index in [0.717, 1.165) is 25.7 Å². The number of amides is 1. The number of ether oxygens (including phenoxy) is 2. The second kappa shape index (κ2) is 10.6. The molecule has 0 saturated carbocycles. The van der Waals surface area contributed by atoms with Crippen molar-refractivity contribution in [1.82, 2.24) is 0 Å². The van der Waals surface area contributed by atoms with Crippen LogP contribution in [0.3, 0.4) is 0 Å². The van der Waals surface area contributed by atoms with Crippen molar-refractivity contribution in [3.63, 3.8) is 0 Å². The molecular weight excluding hydrogens is 294 g/mol. The third kappa shape index (κ3) is 7.68. The Morgan fingerprint density at radius 3 is 2.30 bits per heavy atom. The molecule has 128 valence electrons. The second-order valence-corrected chi connectivity index (χ2v) is 5.49. The van der Waals surface area contributed by atoms with E-state index in [9.17, 15) is 9.59 Å². The zero-order chi connectivity index (χ0) is 17.1. The van der Waals surface area contributed by atoms with Crippen LogP contribution in [0.2, 0.25) is 0 Å². The Labute approximate surface area is 138 Å². The first-order chi connectivity index (χ1) is 11.1. The van der Waals surface area contributed by atoms with E-state index in [1.165, 1.54) is 6.92 Å². The maximum absolute atomic E-state index is 11.8. The van der Waals surface area contributed by atoms with Crippen molar-refractivity contribution in [2.24, 2.45) is 0 Å². The SMILES string of the molecule is CCCCOc1ccc(OCCCC)c(NC(=O)CC(C)=O)c1. The fourth-order valence-electron chi connectivity index (χ4n) is 1.90. The van der Waals surface area contributed by atoms with E-state index in [4.69, 9.17) is 9.47 Å². The maximum atomic E-state index is 11.8. The lowest BCUT2D eigenvalue weighted by Gasteiger charge is -2.14. The van der Waals surface area contributed by atoms with Gasteiger partial charge in [-0.25, -0.2) is 0 Å². The minimum Gasteiger partial charge on any atom is -0.494 e. The molecule has 1 rings (SSSR count). The molecule has 1 N–H and O–H groups in total. The molecule has 0 spiro atoms. The van der Waals surface area contributed by atoms with Gasteiger partial charge in [0, 0.05) is 6.07 Å². The van der Waals surface area contributed by atoms with Crippen LogP contribution in [0, 0.1) is 0 Å². The van der Waals surface area contributed by atoms with Crippen molar-refractivity contribution < 1.29 is 19.1 Å². The quantitative estimate of drug-likeness (QED) is 0.495. The van der Waals surface area contributed by atoms with Gasteiger partial charge in [0.25, 0.3) is 0 Å². The molecule has 1 aromatic carbocycles. The highest BCUT2D eigenvalue weighted by atomic mass is 16.5. The highest BCUT2D eigenvalue weighted by Gasteiger charge is 2.11. The molecule has 0 fully saturated rings. The molecule has 1 amide bonds. The molecule has 23 heavy (non-hydrogen) atoms. The van der Waals surface area contributed by atoms with E-state index in [1.807, 2.05) is 6.07 Å². The first-order valence-corrected chi connectivity index (χ1v) is 8.25. The molecule has 0 aromatic heterocycles. The first-order valence-electron chi connectivity index (χ1n) is 8.25. The highest BCUT2D eigenvalue weighted by molar-refractivity contribution is 6.04. The summed E-state index contributed by atoms with van der Waals surface area (Å²) in [4.78, 5) is 22.9. The summed E-state index contributed by atoms with van der Waals surface area (Å²) in [6.45, 7) is 6.79. The molecule has 0 radical (unpaired) electrons. The molecule has 0 aliphatic carbocycles. The number of Topliss-reactive ketones (excluding diaryl/α,β-unsaturated/α-hetero) is 1. The van der Waals surface area contributed by atoms with E-state index in [1.54, 1.807) is 12.1 Å². The molecule has 0 saturated heterocycles. The zero-order valence-corrected chi connectivity index (χ0v) is 14.3. The van der Waals surface area contributed by atoms with Gasteiger partial charge in [-0.3, -0.25) is 9.59 Å². The highest BCUT2D eigenvalue weighted by Crippen LogP contribution is 2.30. The van der Waals surface area contributed by atoms with Crippen molar-refractivity contribution in [3.05, 3.63) is 18.2 Å². The van der Waals surface area contributed by atoms with Gasteiger partial charge < -0.3 is 14.8 Å². The summed E-state index contributed by atoms with van der Waals surface area (Å²) < 4.78 is 11.4. The number of rotatable bonds is 11. The topological polar surface area (TPSA) is 64.6 Å². The van der Waals surface area contributed by atoms with Crippen LogP contribution < -0.4 is 14.8 Å². The van der Waals surface area contributed by atoms with Crippen LogP contribution >= 0.6 is 0 Å². The van der Waals surface area contributed by atoms with Crippen molar-refractivity contribution in [2.75, 3.05) is 18.5 Å². The normalized spacial score (nSPS) is 10.2. The van der Waals surface area contributed by atoms with Gasteiger partial charge in [-0.05, 0) is 31.9 Å². The van der Waals surface area contributed by atoms with Gasteiger partial charge >= 0.3 is 0 Å². The first kappa shape index (κ1) is 19.0. The smallest absolute Gasteiger partial charge is 0.231 e. The van der Waals surface area contributed by atoms with E-state index < -0.39 is 0 Å². The van der Waals surface area contributed by atoms with Crippen LogP contribution in [0.25, 0.3) is 0 Å². The van der Waals surface area contributed by atoms with Gasteiger partial charge in [-0.1, -0.05) is 26.7 Å². The average Bonchev–Trinajstić information content (AvgIpc) is 2.49. The predicted octanol–water partition coefficient (Wildman–Crippen LogP) is 3.96. The minimum absolute atomic E-state index is 0.144. The molecule has 5 heteroatoms. The summed E-state index contributed by atoms with van der Waals surface area (Å²) in [5.74, 6) is 0.757. The van der Waals surface area contributed by atoms with Gasteiger partial charge in [-0.15, -0.1) is 0 Å². The number of unbranched alkanes of at least 4 members (excludes halogenated alkanes) is 2. The van der Waals surface area contributed by atoms with Gasteiger partial charge in [0.15, 0.2) is 0 Å². The number of nitrogens with one attached hydrogen (secondary N) is 1. The lowest BCUT2D eigenvalue weighted by Crippen LogP contribution is -2.15. The van der Waals surface area contributed by atoms with E-state index in [2.05, 4.69) is 19.2 Å². The molecule has 0 atom stereocenters. The Balaban J connectivity index is 2.81. The summed E-state index contributed by atoms with van der Waals surface area (Å²) in [6.07, 6.45) is 3.86. The molecule has 0 aliphatic rings. The van der Waals surface area contributed by atoms with E-state index in [-0.39, 0.29) is 18.1 Å². The Morgan fingerprint density at radius 1 is 1.04 bits per heavy atom. The fourth-order valence-corrected chi connectivity index (χ4v) is 1.90. The second-order valence-electron chi connectivity index (χ2n) is 5.49. The molecule has 0 unspecified atom stereocenters. The van der Waals surface area contributed by atoms with Gasteiger partial charge in [-0.2, -0.15) is 0 Å². The third-order valence-electron chi connectivity index (χ3n) is 3.16. The number of benzene rings is 1. The Kier molecular flexibility index (Phi) is 8.80. The van der Waals surface area contributed by atoms with Crippen LogP contribution in [0.1, 0.15) is 52.9 Å². The predicted molar refractivity (Wildman–Crippen MR) is 91.2 cm³/mol. The molecule has 0 heterocycles. The number of hydrogen-bond donors (Lipinski definition) is 1. The standard InChI is InChI=1S/C18H27NO4/c1-4-6-10-22-15-8-9-17(23-11-7-5-2)16(13-15)19-18(21)12-14(3)20/h8-9,13H,4-7,10-12H2,1-3H3,(H,19,21). The summed E-state index contributed by atoms with van der Waals surface area (Å²) in [6, 6.07) is 5.37. The zero-order valence-electron chi connectivity index (χ0n) is 14.3. The monoisotopic (exact) mass is 321 g/mol. The molecular formula is C18H27NO4. The summed E-state index contributed by atoms with van der Waals surface area (Å²) in [7, 11) is 0. The summed E-state index contributed by atoms with van der Waals surface area (Å²) >= 11 is 0. The Bertz CT molecular complexity index is 514. The van der Waals surface area contributed by atoms with Crippen molar-refractivity contribution in [2.45, 2.75) is 52.9 Å². The molecule has 1 aromatic rings. The molecule has 0 bridgehead atoms. The van der Waals surface area contributed by atoms with Gasteiger partial charge in [0.1, 0.15) is 17.3 Å². The average molecular weight is 321 g/mol. The summed E-state index contributed by atoms with van der Waals surface area (Å²) in [5.41, 5.74) is 0.543. The number of ketones is 1. The number of hydrogen-bond acceptors (Lipinski definition) is 4. The number of carbonyl (C=O) groups is 2. The van der Waals surface area contributed by atoms with Crippen LogP contribution in [-0.2, 0) is 9.59 Å². The molecule has 0 aliphatic heterocycles. The lowest BCUT2D eigenvalue weighted by molar-refractivity contribution is -0.124. The Hall–Kier alpha value is -2.04. The summed E-state index contributed by atoms with van der Waals surface area (Å²) in [5, 5.41) is 2.73. The number of carbonyl (C=O) groups excluding carboxylic acids is 2. The fraction of sp³-hybridized carbons (Fsp3) is 0.556. The van der Waals surface area contributed by atoms with Crippen LogP contribution in [0.15, 0.2) is 18.2 Å². The third-order valence-corrected chi connectivity index (χ3v) is 3.16. The minimum atomic E-state index is -0.344. The largest absolute Gasteiger partial charge is 0.494 e. The van der Waals surface area contributed by atoms with Crippen molar-refractivity contribution in [1.29, 1.82) is 0 Å². The maximum Gasteiger partial charge on any atom is 0.231 e. The van der Waals surface area contributed by atoms with Crippen LogP contribution in [0.5, 0.6) is 11.5 Å². The van der Waals surface area contributed by atoms with Crippen molar-refractivity contribution in [3.8, 4) is 11.5 Å². The van der Waals surface area contributed by atoms with E-state index in [0.29, 0.717) is 30.4 Å².